The summed E-state index contributed by atoms with van der Waals surface area (Å²) >= 11 is 11.9. The highest BCUT2D eigenvalue weighted by atomic mass is 35.5. The monoisotopic (exact) mass is 257 g/mol. The summed E-state index contributed by atoms with van der Waals surface area (Å²) in [5, 5.41) is 1.20. The van der Waals surface area contributed by atoms with E-state index in [9.17, 15) is 0 Å². The smallest absolute Gasteiger partial charge is 0.218 e. The Bertz CT molecular complexity index is 429. The van der Waals surface area contributed by atoms with E-state index in [1.165, 1.54) is 0 Å². The molecule has 0 aromatic heterocycles. The minimum Gasteiger partial charge on any atom is -0.475 e. The Kier molecular flexibility index (Phi) is 3.41. The molecule has 0 radical (unpaired) electrons. The standard InChI is InChI=1S/C12H13Cl2NO/c1-7(2)11-6-16-12(15-11)9-4-3-8(13)5-10(9)14/h3-5,7,11H,6H2,1-2H3. The third-order valence-electron chi connectivity index (χ3n) is 2.60. The molecule has 1 aromatic rings. The molecule has 1 heterocycles. The van der Waals surface area contributed by atoms with Gasteiger partial charge in [-0.15, -0.1) is 0 Å². The number of rotatable bonds is 2. The molecule has 2 nitrogen and oxygen atoms in total. The van der Waals surface area contributed by atoms with Gasteiger partial charge in [0.05, 0.1) is 16.6 Å². The van der Waals surface area contributed by atoms with E-state index in [0.29, 0.717) is 28.5 Å². The van der Waals surface area contributed by atoms with Crippen LogP contribution in [0.5, 0.6) is 0 Å². The largest absolute Gasteiger partial charge is 0.475 e. The first-order valence-corrected chi connectivity index (χ1v) is 5.99. The van der Waals surface area contributed by atoms with Crippen LogP contribution >= 0.6 is 23.2 Å². The number of benzene rings is 1. The second kappa shape index (κ2) is 4.64. The normalized spacial score (nSPS) is 19.8. The number of hydrogen-bond acceptors (Lipinski definition) is 2. The summed E-state index contributed by atoms with van der Waals surface area (Å²) in [5.41, 5.74) is 0.814. The van der Waals surface area contributed by atoms with Crippen molar-refractivity contribution < 1.29 is 4.74 Å². The number of hydrogen-bond donors (Lipinski definition) is 0. The fraction of sp³-hybridized carbons (Fsp3) is 0.417. The Hall–Kier alpha value is -0.730. The van der Waals surface area contributed by atoms with Crippen molar-refractivity contribution in [2.24, 2.45) is 10.9 Å². The third kappa shape index (κ3) is 2.33. The van der Waals surface area contributed by atoms with Gasteiger partial charge in [0.2, 0.25) is 5.90 Å². The molecule has 0 spiro atoms. The van der Waals surface area contributed by atoms with Gasteiger partial charge in [0, 0.05) is 5.02 Å². The van der Waals surface area contributed by atoms with Gasteiger partial charge in [0.25, 0.3) is 0 Å². The summed E-state index contributed by atoms with van der Waals surface area (Å²) in [6.07, 6.45) is 0. The molecular weight excluding hydrogens is 245 g/mol. The van der Waals surface area contributed by atoms with Crippen molar-refractivity contribution in [1.82, 2.24) is 0 Å². The van der Waals surface area contributed by atoms with Crippen molar-refractivity contribution >= 4 is 29.1 Å². The predicted octanol–water partition coefficient (Wildman–Crippen LogP) is 3.79. The Labute approximate surface area is 105 Å². The maximum Gasteiger partial charge on any atom is 0.218 e. The molecule has 4 heteroatoms. The topological polar surface area (TPSA) is 21.6 Å². The molecule has 1 unspecified atom stereocenters. The second-order valence-corrected chi connectivity index (χ2v) is 5.02. The van der Waals surface area contributed by atoms with Crippen molar-refractivity contribution in [1.29, 1.82) is 0 Å². The molecule has 0 saturated carbocycles. The van der Waals surface area contributed by atoms with E-state index in [1.807, 2.05) is 6.07 Å². The number of halogens is 2. The summed E-state index contributed by atoms with van der Waals surface area (Å²) in [6, 6.07) is 5.55. The first-order chi connectivity index (χ1) is 7.58. The third-order valence-corrected chi connectivity index (χ3v) is 3.15. The first kappa shape index (κ1) is 11.7. The highest BCUT2D eigenvalue weighted by Crippen LogP contribution is 2.25. The van der Waals surface area contributed by atoms with Crippen LogP contribution in [0.1, 0.15) is 19.4 Å². The fourth-order valence-corrected chi connectivity index (χ4v) is 2.03. The van der Waals surface area contributed by atoms with Gasteiger partial charge in [-0.2, -0.15) is 0 Å². The molecule has 1 atom stereocenters. The molecule has 0 saturated heterocycles. The minimum atomic E-state index is 0.224. The van der Waals surface area contributed by atoms with E-state index >= 15 is 0 Å². The predicted molar refractivity (Wildman–Crippen MR) is 67.6 cm³/mol. The Morgan fingerprint density at radius 2 is 2.12 bits per heavy atom. The molecule has 1 aliphatic rings. The summed E-state index contributed by atoms with van der Waals surface area (Å²) in [5.74, 6) is 1.10. The summed E-state index contributed by atoms with van der Waals surface area (Å²) in [6.45, 7) is 4.89. The van der Waals surface area contributed by atoms with E-state index in [1.54, 1.807) is 12.1 Å². The van der Waals surface area contributed by atoms with Crippen molar-refractivity contribution in [2.45, 2.75) is 19.9 Å². The van der Waals surface area contributed by atoms with E-state index < -0.39 is 0 Å². The first-order valence-electron chi connectivity index (χ1n) is 5.24. The van der Waals surface area contributed by atoms with E-state index in [4.69, 9.17) is 27.9 Å². The van der Waals surface area contributed by atoms with Crippen LogP contribution in [-0.2, 0) is 4.74 Å². The number of nitrogens with zero attached hydrogens (tertiary/aromatic N) is 1. The molecule has 0 fully saturated rings. The van der Waals surface area contributed by atoms with Crippen molar-refractivity contribution in [3.63, 3.8) is 0 Å². The number of ether oxygens (including phenoxy) is 1. The highest BCUT2D eigenvalue weighted by molar-refractivity contribution is 6.36. The molecule has 0 aliphatic carbocycles. The molecule has 16 heavy (non-hydrogen) atoms. The van der Waals surface area contributed by atoms with Crippen LogP contribution in [0, 0.1) is 5.92 Å². The zero-order valence-electron chi connectivity index (χ0n) is 9.21. The van der Waals surface area contributed by atoms with Gasteiger partial charge < -0.3 is 4.74 Å². The van der Waals surface area contributed by atoms with Crippen LogP contribution in [0.25, 0.3) is 0 Å². The van der Waals surface area contributed by atoms with Crippen LogP contribution in [-0.4, -0.2) is 18.5 Å². The minimum absolute atomic E-state index is 0.224. The molecule has 0 bridgehead atoms. The Balaban J connectivity index is 2.29. The SMILES string of the molecule is CC(C)C1COC(c2ccc(Cl)cc2Cl)=N1. The van der Waals surface area contributed by atoms with E-state index in [2.05, 4.69) is 18.8 Å². The highest BCUT2D eigenvalue weighted by Gasteiger charge is 2.23. The average molecular weight is 258 g/mol. The molecule has 0 N–H and O–H groups in total. The average Bonchev–Trinajstić information content (AvgIpc) is 2.66. The number of aliphatic imine (C=N–C) groups is 1. The fourth-order valence-electron chi connectivity index (χ4n) is 1.54. The van der Waals surface area contributed by atoms with Gasteiger partial charge >= 0.3 is 0 Å². The van der Waals surface area contributed by atoms with Gasteiger partial charge in [-0.1, -0.05) is 37.0 Å². The second-order valence-electron chi connectivity index (χ2n) is 4.18. The molecule has 0 amide bonds. The van der Waals surface area contributed by atoms with Crippen LogP contribution in [0.3, 0.4) is 0 Å². The van der Waals surface area contributed by atoms with Gasteiger partial charge in [0.1, 0.15) is 6.61 Å². The van der Waals surface area contributed by atoms with Crippen LogP contribution < -0.4 is 0 Å². The maximum atomic E-state index is 6.09. The van der Waals surface area contributed by atoms with E-state index in [-0.39, 0.29) is 6.04 Å². The lowest BCUT2D eigenvalue weighted by Gasteiger charge is -2.06. The quantitative estimate of drug-likeness (QED) is 0.790. The van der Waals surface area contributed by atoms with Gasteiger partial charge in [0.15, 0.2) is 0 Å². The zero-order valence-corrected chi connectivity index (χ0v) is 10.7. The zero-order chi connectivity index (χ0) is 11.7. The molecule has 86 valence electrons. The molecule has 1 aliphatic heterocycles. The van der Waals surface area contributed by atoms with Gasteiger partial charge in [-0.25, -0.2) is 4.99 Å². The van der Waals surface area contributed by atoms with E-state index in [0.717, 1.165) is 5.56 Å². The summed E-state index contributed by atoms with van der Waals surface area (Å²) in [4.78, 5) is 4.52. The van der Waals surface area contributed by atoms with Crippen LogP contribution in [0.4, 0.5) is 0 Å². The van der Waals surface area contributed by atoms with Crippen LogP contribution in [0.2, 0.25) is 10.0 Å². The lowest BCUT2D eigenvalue weighted by atomic mass is 10.1. The molecule has 1 aromatic carbocycles. The van der Waals surface area contributed by atoms with Crippen molar-refractivity contribution in [2.75, 3.05) is 6.61 Å². The van der Waals surface area contributed by atoms with Crippen molar-refractivity contribution in [3.05, 3.63) is 33.8 Å². The van der Waals surface area contributed by atoms with Gasteiger partial charge in [-0.3, -0.25) is 0 Å². The maximum absolute atomic E-state index is 6.09. The summed E-state index contributed by atoms with van der Waals surface area (Å²) in [7, 11) is 0. The summed E-state index contributed by atoms with van der Waals surface area (Å²) < 4.78 is 5.56. The molecule has 2 rings (SSSR count). The van der Waals surface area contributed by atoms with Crippen molar-refractivity contribution in [3.8, 4) is 0 Å². The van der Waals surface area contributed by atoms with Crippen LogP contribution in [0.15, 0.2) is 23.2 Å². The lowest BCUT2D eigenvalue weighted by Crippen LogP contribution is -2.13. The molecular formula is C12H13Cl2NO. The Morgan fingerprint density at radius 3 is 2.69 bits per heavy atom. The Morgan fingerprint density at radius 1 is 1.38 bits per heavy atom. The van der Waals surface area contributed by atoms with Gasteiger partial charge in [-0.05, 0) is 24.1 Å². The lowest BCUT2D eigenvalue weighted by molar-refractivity contribution is 0.292.